The standard InChI is InChI=1S/C17H27NOS/c1-13-10-11-15(12-14(13)2)20(19)17-9-7-5-4-6-8-16(17)18-3/h10-12,16-18H,4-9H2,1-3H3. The van der Waals surface area contributed by atoms with Crippen LogP contribution in [0.1, 0.15) is 49.7 Å². The van der Waals surface area contributed by atoms with Gasteiger partial charge in [0.1, 0.15) is 0 Å². The van der Waals surface area contributed by atoms with Gasteiger partial charge in [-0.2, -0.15) is 0 Å². The lowest BCUT2D eigenvalue weighted by molar-refractivity contribution is 0.414. The second kappa shape index (κ2) is 7.37. The Kier molecular flexibility index (Phi) is 5.79. The van der Waals surface area contributed by atoms with Crippen LogP contribution in [0.2, 0.25) is 0 Å². The van der Waals surface area contributed by atoms with Gasteiger partial charge in [0, 0.05) is 10.9 Å². The quantitative estimate of drug-likeness (QED) is 0.920. The number of rotatable bonds is 3. The van der Waals surface area contributed by atoms with Gasteiger partial charge in [0.15, 0.2) is 0 Å². The molecular formula is C17H27NOS. The van der Waals surface area contributed by atoms with Crippen LogP contribution in [0.25, 0.3) is 0 Å². The zero-order valence-corrected chi connectivity index (χ0v) is 13.8. The Morgan fingerprint density at radius 3 is 2.40 bits per heavy atom. The van der Waals surface area contributed by atoms with E-state index in [-0.39, 0.29) is 5.25 Å². The first-order chi connectivity index (χ1) is 9.63. The second-order valence-electron chi connectivity index (χ2n) is 5.97. The fourth-order valence-electron chi connectivity index (χ4n) is 3.05. The molecule has 3 heteroatoms. The van der Waals surface area contributed by atoms with Crippen molar-refractivity contribution in [2.75, 3.05) is 7.05 Å². The average molecular weight is 293 g/mol. The molecule has 0 spiro atoms. The minimum Gasteiger partial charge on any atom is -0.316 e. The molecule has 1 saturated carbocycles. The van der Waals surface area contributed by atoms with E-state index in [1.165, 1.54) is 36.8 Å². The van der Waals surface area contributed by atoms with Crippen molar-refractivity contribution in [2.45, 2.75) is 68.6 Å². The lowest BCUT2D eigenvalue weighted by atomic mass is 9.96. The Bertz CT molecular complexity index is 472. The number of nitrogens with one attached hydrogen (secondary N) is 1. The lowest BCUT2D eigenvalue weighted by Gasteiger charge is -2.28. The van der Waals surface area contributed by atoms with Gasteiger partial charge in [-0.25, -0.2) is 0 Å². The molecule has 112 valence electrons. The molecule has 0 aromatic heterocycles. The van der Waals surface area contributed by atoms with Crippen LogP contribution in [0.5, 0.6) is 0 Å². The SMILES string of the molecule is CNC1CCCCCCC1S(=O)c1ccc(C)c(C)c1. The number of hydrogen-bond donors (Lipinski definition) is 1. The minimum absolute atomic E-state index is 0.252. The number of aryl methyl sites for hydroxylation is 2. The van der Waals surface area contributed by atoms with Gasteiger partial charge < -0.3 is 5.32 Å². The molecule has 0 amide bonds. The third kappa shape index (κ3) is 3.70. The monoisotopic (exact) mass is 293 g/mol. The summed E-state index contributed by atoms with van der Waals surface area (Å²) < 4.78 is 13.0. The van der Waals surface area contributed by atoms with Gasteiger partial charge in [0.2, 0.25) is 0 Å². The highest BCUT2D eigenvalue weighted by atomic mass is 32.2. The summed E-state index contributed by atoms with van der Waals surface area (Å²) in [7, 11) is 1.11. The van der Waals surface area contributed by atoms with Crippen molar-refractivity contribution in [1.82, 2.24) is 5.32 Å². The molecule has 1 aromatic carbocycles. The highest BCUT2D eigenvalue weighted by molar-refractivity contribution is 7.85. The smallest absolute Gasteiger partial charge is 0.0576 e. The normalized spacial score (nSPS) is 25.8. The molecule has 0 aliphatic heterocycles. The average Bonchev–Trinajstić information content (AvgIpc) is 2.41. The molecule has 0 bridgehead atoms. The van der Waals surface area contributed by atoms with E-state index in [9.17, 15) is 4.21 Å². The Morgan fingerprint density at radius 1 is 1.05 bits per heavy atom. The van der Waals surface area contributed by atoms with Crippen LogP contribution in [0.15, 0.2) is 23.1 Å². The molecule has 0 heterocycles. The fourth-order valence-corrected chi connectivity index (χ4v) is 4.85. The third-order valence-corrected chi connectivity index (χ3v) is 6.39. The van der Waals surface area contributed by atoms with Crippen molar-refractivity contribution in [2.24, 2.45) is 0 Å². The summed E-state index contributed by atoms with van der Waals surface area (Å²) in [5, 5.41) is 3.66. The van der Waals surface area contributed by atoms with Gasteiger partial charge in [0.05, 0.1) is 16.0 Å². The van der Waals surface area contributed by atoms with E-state index in [0.29, 0.717) is 6.04 Å². The van der Waals surface area contributed by atoms with E-state index in [0.717, 1.165) is 17.7 Å². The predicted molar refractivity (Wildman–Crippen MR) is 86.7 cm³/mol. The molecule has 0 saturated heterocycles. The van der Waals surface area contributed by atoms with Crippen molar-refractivity contribution in [3.8, 4) is 0 Å². The first-order valence-corrected chi connectivity index (χ1v) is 9.00. The third-order valence-electron chi connectivity index (χ3n) is 4.56. The molecule has 20 heavy (non-hydrogen) atoms. The van der Waals surface area contributed by atoms with E-state index >= 15 is 0 Å². The molecule has 3 unspecified atom stereocenters. The molecule has 2 nitrogen and oxygen atoms in total. The summed E-state index contributed by atoms with van der Waals surface area (Å²) in [4.78, 5) is 0.999. The lowest BCUT2D eigenvalue weighted by Crippen LogP contribution is -2.41. The van der Waals surface area contributed by atoms with Crippen LogP contribution >= 0.6 is 0 Å². The van der Waals surface area contributed by atoms with Gasteiger partial charge in [-0.1, -0.05) is 31.7 Å². The summed E-state index contributed by atoms with van der Waals surface area (Å²) in [5.41, 5.74) is 2.51. The van der Waals surface area contributed by atoms with Crippen LogP contribution in [-0.4, -0.2) is 22.5 Å². The minimum atomic E-state index is -0.900. The molecule has 1 aliphatic rings. The van der Waals surface area contributed by atoms with Gasteiger partial charge in [0.25, 0.3) is 0 Å². The topological polar surface area (TPSA) is 29.1 Å². The summed E-state index contributed by atoms with van der Waals surface area (Å²) in [6.45, 7) is 4.21. The zero-order chi connectivity index (χ0) is 14.5. The summed E-state index contributed by atoms with van der Waals surface area (Å²) in [6.07, 6.45) is 7.30. The number of benzene rings is 1. The van der Waals surface area contributed by atoms with Gasteiger partial charge in [-0.3, -0.25) is 4.21 Å². The molecule has 0 radical (unpaired) electrons. The zero-order valence-electron chi connectivity index (χ0n) is 12.9. The predicted octanol–water partition coefficient (Wildman–Crippen LogP) is 3.72. The maximum Gasteiger partial charge on any atom is 0.0576 e. The van der Waals surface area contributed by atoms with Crippen molar-refractivity contribution in [1.29, 1.82) is 0 Å². The molecule has 2 rings (SSSR count). The molecule has 1 aliphatic carbocycles. The Labute approximate surface area is 125 Å². The van der Waals surface area contributed by atoms with Crippen molar-refractivity contribution < 1.29 is 4.21 Å². The van der Waals surface area contributed by atoms with Crippen molar-refractivity contribution >= 4 is 10.8 Å². The maximum absolute atomic E-state index is 13.0. The van der Waals surface area contributed by atoms with E-state index in [2.05, 4.69) is 31.3 Å². The largest absolute Gasteiger partial charge is 0.316 e. The van der Waals surface area contributed by atoms with Crippen LogP contribution in [0.3, 0.4) is 0 Å². The van der Waals surface area contributed by atoms with E-state index in [4.69, 9.17) is 0 Å². The highest BCUT2D eigenvalue weighted by Crippen LogP contribution is 2.26. The van der Waals surface area contributed by atoms with Crippen LogP contribution in [-0.2, 0) is 10.8 Å². The maximum atomic E-state index is 13.0. The second-order valence-corrected chi connectivity index (χ2v) is 7.64. The molecule has 1 aromatic rings. The summed E-state index contributed by atoms with van der Waals surface area (Å²) in [6, 6.07) is 6.64. The van der Waals surface area contributed by atoms with Gasteiger partial charge in [-0.05, 0) is 57.0 Å². The first kappa shape index (κ1) is 15.7. The first-order valence-electron chi connectivity index (χ1n) is 7.78. The molecule has 3 atom stereocenters. The highest BCUT2D eigenvalue weighted by Gasteiger charge is 2.27. The Hall–Kier alpha value is -0.670. The van der Waals surface area contributed by atoms with Gasteiger partial charge >= 0.3 is 0 Å². The van der Waals surface area contributed by atoms with Gasteiger partial charge in [-0.15, -0.1) is 0 Å². The molecule has 1 N–H and O–H groups in total. The fraction of sp³-hybridized carbons (Fsp3) is 0.647. The van der Waals surface area contributed by atoms with Crippen LogP contribution < -0.4 is 5.32 Å². The van der Waals surface area contributed by atoms with E-state index < -0.39 is 10.8 Å². The van der Waals surface area contributed by atoms with Crippen molar-refractivity contribution in [3.05, 3.63) is 29.3 Å². The Balaban J connectivity index is 2.20. The van der Waals surface area contributed by atoms with Crippen LogP contribution in [0, 0.1) is 13.8 Å². The summed E-state index contributed by atoms with van der Waals surface area (Å²) >= 11 is 0. The van der Waals surface area contributed by atoms with E-state index in [1.807, 2.05) is 13.1 Å². The molecular weight excluding hydrogens is 266 g/mol. The Morgan fingerprint density at radius 2 is 1.75 bits per heavy atom. The van der Waals surface area contributed by atoms with Crippen LogP contribution in [0.4, 0.5) is 0 Å². The van der Waals surface area contributed by atoms with E-state index in [1.54, 1.807) is 0 Å². The number of hydrogen-bond acceptors (Lipinski definition) is 2. The molecule has 1 fully saturated rings. The van der Waals surface area contributed by atoms with Crippen molar-refractivity contribution in [3.63, 3.8) is 0 Å². The summed E-state index contributed by atoms with van der Waals surface area (Å²) in [5.74, 6) is 0.